The summed E-state index contributed by atoms with van der Waals surface area (Å²) in [6.07, 6.45) is 7.07. The van der Waals surface area contributed by atoms with Gasteiger partial charge in [0.05, 0.1) is 6.26 Å². The van der Waals surface area contributed by atoms with E-state index in [1.165, 1.54) is 25.5 Å². The Labute approximate surface area is 131 Å². The lowest BCUT2D eigenvalue weighted by Gasteiger charge is -2.33. The zero-order valence-corrected chi connectivity index (χ0v) is 15.1. The van der Waals surface area contributed by atoms with Crippen molar-refractivity contribution in [2.45, 2.75) is 52.9 Å². The van der Waals surface area contributed by atoms with E-state index >= 15 is 0 Å². The molecule has 1 fully saturated rings. The molecule has 1 aliphatic heterocycles. The standard InChI is InChI=1S/C16H34N2O2S/c1-5-8-17-12-16(10-14(2)3)11-15-7-6-9-18(13-15)21(4,19)20/h14-17H,5-13H2,1-4H3. The molecule has 1 rings (SSSR count). The zero-order chi connectivity index (χ0) is 15.9. The Bertz CT molecular complexity index is 382. The van der Waals surface area contributed by atoms with Crippen molar-refractivity contribution in [3.63, 3.8) is 0 Å². The summed E-state index contributed by atoms with van der Waals surface area (Å²) >= 11 is 0. The van der Waals surface area contributed by atoms with Gasteiger partial charge in [-0.3, -0.25) is 0 Å². The molecule has 0 spiro atoms. The SMILES string of the molecule is CCCNCC(CC(C)C)CC1CCCN(S(C)(=O)=O)C1. The van der Waals surface area contributed by atoms with Crippen molar-refractivity contribution < 1.29 is 8.42 Å². The van der Waals surface area contributed by atoms with Crippen LogP contribution < -0.4 is 5.32 Å². The second-order valence-electron chi connectivity index (χ2n) is 7.06. The van der Waals surface area contributed by atoms with Crippen molar-refractivity contribution in [3.8, 4) is 0 Å². The molecule has 21 heavy (non-hydrogen) atoms. The van der Waals surface area contributed by atoms with Crippen LogP contribution >= 0.6 is 0 Å². The molecule has 0 aromatic rings. The topological polar surface area (TPSA) is 49.4 Å². The molecule has 1 heterocycles. The van der Waals surface area contributed by atoms with Crippen molar-refractivity contribution in [2.75, 3.05) is 32.4 Å². The summed E-state index contributed by atoms with van der Waals surface area (Å²) in [6.45, 7) is 10.3. The van der Waals surface area contributed by atoms with Gasteiger partial charge in [-0.15, -0.1) is 0 Å². The van der Waals surface area contributed by atoms with Gasteiger partial charge in [0.25, 0.3) is 0 Å². The van der Waals surface area contributed by atoms with Gasteiger partial charge in [0.2, 0.25) is 10.0 Å². The third-order valence-corrected chi connectivity index (χ3v) is 5.55. The van der Waals surface area contributed by atoms with Gasteiger partial charge in [0.1, 0.15) is 0 Å². The Hall–Kier alpha value is -0.130. The number of nitrogens with one attached hydrogen (secondary N) is 1. The first kappa shape index (κ1) is 18.9. The minimum Gasteiger partial charge on any atom is -0.316 e. The summed E-state index contributed by atoms with van der Waals surface area (Å²) in [4.78, 5) is 0. The van der Waals surface area contributed by atoms with Crippen LogP contribution in [0.15, 0.2) is 0 Å². The van der Waals surface area contributed by atoms with E-state index in [9.17, 15) is 8.42 Å². The molecule has 1 N–H and O–H groups in total. The second kappa shape index (κ2) is 9.11. The number of piperidine rings is 1. The Balaban J connectivity index is 2.52. The molecule has 0 aromatic heterocycles. The maximum atomic E-state index is 11.7. The van der Waals surface area contributed by atoms with Gasteiger partial charge in [-0.1, -0.05) is 20.8 Å². The van der Waals surface area contributed by atoms with Crippen LogP contribution in [0.25, 0.3) is 0 Å². The number of hydrogen-bond acceptors (Lipinski definition) is 3. The van der Waals surface area contributed by atoms with Crippen LogP contribution in [0.4, 0.5) is 0 Å². The molecule has 126 valence electrons. The molecule has 1 saturated heterocycles. The van der Waals surface area contributed by atoms with Gasteiger partial charge in [0.15, 0.2) is 0 Å². The van der Waals surface area contributed by atoms with Crippen molar-refractivity contribution in [2.24, 2.45) is 17.8 Å². The Morgan fingerprint density at radius 2 is 2.05 bits per heavy atom. The van der Waals surface area contributed by atoms with Gasteiger partial charge >= 0.3 is 0 Å². The molecule has 2 unspecified atom stereocenters. The van der Waals surface area contributed by atoms with Crippen molar-refractivity contribution in [1.29, 1.82) is 0 Å². The van der Waals surface area contributed by atoms with Gasteiger partial charge in [-0.25, -0.2) is 12.7 Å². The molecular formula is C16H34N2O2S. The smallest absolute Gasteiger partial charge is 0.211 e. The van der Waals surface area contributed by atoms with Gasteiger partial charge in [-0.2, -0.15) is 0 Å². The summed E-state index contributed by atoms with van der Waals surface area (Å²) in [6, 6.07) is 0. The molecule has 2 atom stereocenters. The summed E-state index contributed by atoms with van der Waals surface area (Å²) < 4.78 is 25.1. The van der Waals surface area contributed by atoms with Crippen molar-refractivity contribution >= 4 is 10.0 Å². The highest BCUT2D eigenvalue weighted by molar-refractivity contribution is 7.88. The van der Waals surface area contributed by atoms with Crippen molar-refractivity contribution in [1.82, 2.24) is 9.62 Å². The van der Waals surface area contributed by atoms with E-state index in [1.807, 2.05) is 0 Å². The Morgan fingerprint density at radius 3 is 2.62 bits per heavy atom. The average Bonchev–Trinajstić information content (AvgIpc) is 2.37. The first-order chi connectivity index (χ1) is 9.82. The number of nitrogens with zero attached hydrogens (tertiary/aromatic N) is 1. The van der Waals surface area contributed by atoms with Gasteiger partial charge in [-0.05, 0) is 62.9 Å². The number of rotatable bonds is 9. The van der Waals surface area contributed by atoms with Crippen LogP contribution in [-0.4, -0.2) is 45.2 Å². The molecule has 0 radical (unpaired) electrons. The first-order valence-corrected chi connectivity index (χ1v) is 10.3. The normalized spacial score (nSPS) is 22.6. The second-order valence-corrected chi connectivity index (χ2v) is 9.05. The molecule has 0 bridgehead atoms. The van der Waals surface area contributed by atoms with E-state index in [-0.39, 0.29) is 0 Å². The largest absolute Gasteiger partial charge is 0.316 e. The highest BCUT2D eigenvalue weighted by atomic mass is 32.2. The molecule has 5 heteroatoms. The fourth-order valence-electron chi connectivity index (χ4n) is 3.40. The highest BCUT2D eigenvalue weighted by Crippen LogP contribution is 2.27. The first-order valence-electron chi connectivity index (χ1n) is 8.48. The molecule has 0 aromatic carbocycles. The van der Waals surface area contributed by atoms with Crippen LogP contribution in [0.2, 0.25) is 0 Å². The Morgan fingerprint density at radius 1 is 1.33 bits per heavy atom. The molecule has 0 aliphatic carbocycles. The van der Waals surface area contributed by atoms with E-state index in [4.69, 9.17) is 0 Å². The predicted molar refractivity (Wildman–Crippen MR) is 89.9 cm³/mol. The lowest BCUT2D eigenvalue weighted by Crippen LogP contribution is -2.40. The quantitative estimate of drug-likeness (QED) is 0.665. The van der Waals surface area contributed by atoms with Crippen LogP contribution in [0, 0.1) is 17.8 Å². The minimum absolute atomic E-state index is 0.528. The molecule has 0 saturated carbocycles. The van der Waals surface area contributed by atoms with E-state index in [1.54, 1.807) is 4.31 Å². The number of sulfonamides is 1. The van der Waals surface area contributed by atoms with E-state index in [0.717, 1.165) is 32.5 Å². The fraction of sp³-hybridized carbons (Fsp3) is 1.00. The van der Waals surface area contributed by atoms with Crippen LogP contribution in [0.5, 0.6) is 0 Å². The molecular weight excluding hydrogens is 284 g/mol. The van der Waals surface area contributed by atoms with Crippen LogP contribution in [0.1, 0.15) is 52.9 Å². The lowest BCUT2D eigenvalue weighted by atomic mass is 9.84. The third-order valence-electron chi connectivity index (χ3n) is 4.28. The van der Waals surface area contributed by atoms with E-state index in [2.05, 4.69) is 26.1 Å². The third kappa shape index (κ3) is 7.61. The maximum Gasteiger partial charge on any atom is 0.211 e. The predicted octanol–water partition coefficient (Wildman–Crippen LogP) is 2.71. The van der Waals surface area contributed by atoms with Crippen molar-refractivity contribution in [3.05, 3.63) is 0 Å². The fourth-order valence-corrected chi connectivity index (χ4v) is 4.35. The average molecular weight is 319 g/mol. The van der Waals surface area contributed by atoms with E-state index < -0.39 is 10.0 Å². The van der Waals surface area contributed by atoms with Crippen LogP contribution in [0.3, 0.4) is 0 Å². The van der Waals surface area contributed by atoms with Crippen LogP contribution in [-0.2, 0) is 10.0 Å². The lowest BCUT2D eigenvalue weighted by molar-refractivity contribution is 0.216. The zero-order valence-electron chi connectivity index (χ0n) is 14.3. The van der Waals surface area contributed by atoms with Gasteiger partial charge in [0, 0.05) is 13.1 Å². The number of hydrogen-bond donors (Lipinski definition) is 1. The summed E-state index contributed by atoms with van der Waals surface area (Å²) in [5, 5.41) is 3.54. The summed E-state index contributed by atoms with van der Waals surface area (Å²) in [5.41, 5.74) is 0. The Kier molecular flexibility index (Phi) is 8.21. The molecule has 4 nitrogen and oxygen atoms in total. The summed E-state index contributed by atoms with van der Waals surface area (Å²) in [5.74, 6) is 1.90. The minimum atomic E-state index is -3.02. The maximum absolute atomic E-state index is 11.7. The van der Waals surface area contributed by atoms with E-state index in [0.29, 0.717) is 24.3 Å². The molecule has 1 aliphatic rings. The highest BCUT2D eigenvalue weighted by Gasteiger charge is 2.27. The summed E-state index contributed by atoms with van der Waals surface area (Å²) in [7, 11) is -3.02. The monoisotopic (exact) mass is 318 g/mol. The molecule has 0 amide bonds. The van der Waals surface area contributed by atoms with Gasteiger partial charge < -0.3 is 5.32 Å².